The number of fused-ring (bicyclic) bond motifs is 9. The molecular formula is C70H60N3O+. The second kappa shape index (κ2) is 17.9. The Bertz CT molecular complexity index is 3990. The molecule has 0 radical (unpaired) electrons. The number of hydrogen-bond acceptors (Lipinski definition) is 2. The second-order valence-electron chi connectivity index (χ2n) is 22.2. The van der Waals surface area contributed by atoms with Gasteiger partial charge in [-0.2, -0.15) is 4.57 Å². The Balaban J connectivity index is 1.14. The molecule has 0 bridgehead atoms. The van der Waals surface area contributed by atoms with Gasteiger partial charge in [-0.05, 0) is 145 Å². The van der Waals surface area contributed by atoms with Gasteiger partial charge in [0.1, 0.15) is 17.0 Å². The average molecular weight is 959 g/mol. The smallest absolute Gasteiger partial charge is 0.296 e. The third kappa shape index (κ3) is 8.02. The molecule has 4 heteroatoms. The molecule has 74 heavy (non-hydrogen) atoms. The fourth-order valence-corrected chi connectivity index (χ4v) is 11.3. The molecule has 0 aliphatic heterocycles. The summed E-state index contributed by atoms with van der Waals surface area (Å²) in [5.41, 5.74) is 25.4. The molecule has 0 saturated heterocycles. The molecule has 11 aromatic rings. The van der Waals surface area contributed by atoms with E-state index in [4.69, 9.17) is 4.98 Å². The van der Waals surface area contributed by atoms with Crippen LogP contribution in [0.5, 0.6) is 5.75 Å². The number of nitrogens with one attached hydrogen (secondary N) is 1. The Morgan fingerprint density at radius 1 is 0.405 bits per heavy atom. The van der Waals surface area contributed by atoms with Crippen molar-refractivity contribution in [1.29, 1.82) is 0 Å². The van der Waals surface area contributed by atoms with Crippen molar-refractivity contribution in [2.24, 2.45) is 0 Å². The van der Waals surface area contributed by atoms with Crippen LogP contribution in [-0.4, -0.2) is 15.1 Å². The van der Waals surface area contributed by atoms with E-state index in [1.54, 1.807) is 0 Å². The van der Waals surface area contributed by atoms with E-state index in [1.165, 1.54) is 50.1 Å². The summed E-state index contributed by atoms with van der Waals surface area (Å²) in [5, 5.41) is 12.7. The second-order valence-corrected chi connectivity index (χ2v) is 22.2. The fraction of sp³-hybridized carbons (Fsp3) is 0.143. The lowest BCUT2D eigenvalue weighted by atomic mass is 9.79. The minimum Gasteiger partial charge on any atom is -0.507 e. The number of pyridine rings is 1. The largest absolute Gasteiger partial charge is 0.507 e. The standard InChI is InChI=1S/C70H59N3O/c1-43-36-44(2)66(58(37-43)45-22-11-9-12-23-45)73-64-33-21-32-57(65(64)72-68(73)60-41-49(69(3,4)5)42-61(67(60)74)70(6,7)8)63-40-48(39-62(71-63)46-24-13-10-14-25-46)47-34-35-56-54-30-18-17-28-52(54)50-26-15-16-27-51(50)53-29-19-20-31-55(53)59(56)38-47/h9-42H,1-8H3,(H,71,72,74)/p+1. The van der Waals surface area contributed by atoms with Crippen LogP contribution < -0.4 is 4.57 Å². The first-order valence-corrected chi connectivity index (χ1v) is 25.8. The first-order chi connectivity index (χ1) is 35.7. The highest BCUT2D eigenvalue weighted by Crippen LogP contribution is 2.49. The van der Waals surface area contributed by atoms with Crippen LogP contribution in [0.2, 0.25) is 0 Å². The molecule has 0 spiro atoms. The molecule has 0 atom stereocenters. The predicted molar refractivity (Wildman–Crippen MR) is 309 cm³/mol. The van der Waals surface area contributed by atoms with Crippen LogP contribution in [0.3, 0.4) is 0 Å². The number of aromatic hydroxyl groups is 1. The van der Waals surface area contributed by atoms with E-state index >= 15 is 0 Å². The monoisotopic (exact) mass is 958 g/mol. The molecule has 0 amide bonds. The molecule has 4 nitrogen and oxygen atoms in total. The Morgan fingerprint density at radius 2 is 0.932 bits per heavy atom. The zero-order valence-electron chi connectivity index (χ0n) is 43.5. The number of nitrogens with zero attached hydrogens (tertiary/aromatic N) is 2. The summed E-state index contributed by atoms with van der Waals surface area (Å²) in [7, 11) is 0. The SMILES string of the molecule is Cc1cc(C)c(-[n+]2c(-c3cc(C(C)(C)C)cc(C(C)(C)C)c3O)[nH]c3c(-c4cc(-c5ccc6c(c5)-c5ccccc5-c5ccccc5-c5ccccc5-6)cc(-c5ccccc5)n4)cccc32)c(-c2ccccc2)c1. The van der Waals surface area contributed by atoms with E-state index < -0.39 is 0 Å². The minimum atomic E-state index is -0.333. The topological polar surface area (TPSA) is 52.8 Å². The number of aromatic nitrogens is 3. The lowest BCUT2D eigenvalue weighted by Crippen LogP contribution is -2.34. The van der Waals surface area contributed by atoms with Crippen LogP contribution in [0.4, 0.5) is 0 Å². The lowest BCUT2D eigenvalue weighted by Gasteiger charge is -2.27. The number of para-hydroxylation sites is 1. The fourth-order valence-electron chi connectivity index (χ4n) is 11.3. The zero-order valence-corrected chi connectivity index (χ0v) is 43.5. The molecule has 1 aliphatic carbocycles. The van der Waals surface area contributed by atoms with Gasteiger partial charge in [-0.1, -0.05) is 205 Å². The number of imidazole rings is 1. The van der Waals surface area contributed by atoms with Crippen LogP contribution in [0, 0.1) is 13.8 Å². The Labute approximate surface area is 435 Å². The molecular weight excluding hydrogens is 899 g/mol. The van der Waals surface area contributed by atoms with Crippen LogP contribution in [0.1, 0.15) is 63.8 Å². The van der Waals surface area contributed by atoms with E-state index in [2.05, 4.69) is 271 Å². The maximum atomic E-state index is 12.7. The number of aromatic amines is 1. The molecule has 9 aromatic carbocycles. The first kappa shape index (κ1) is 46.5. The van der Waals surface area contributed by atoms with Crippen molar-refractivity contribution in [2.75, 3.05) is 0 Å². The van der Waals surface area contributed by atoms with Crippen molar-refractivity contribution in [3.8, 4) is 112 Å². The number of rotatable bonds is 6. The maximum Gasteiger partial charge on any atom is 0.296 e. The first-order valence-electron chi connectivity index (χ1n) is 25.8. The molecule has 2 N–H and O–H groups in total. The number of benzene rings is 9. The zero-order chi connectivity index (χ0) is 51.0. The molecule has 2 heterocycles. The summed E-state index contributed by atoms with van der Waals surface area (Å²) in [4.78, 5) is 9.59. The van der Waals surface area contributed by atoms with Gasteiger partial charge < -0.3 is 5.11 Å². The van der Waals surface area contributed by atoms with Crippen molar-refractivity contribution in [3.63, 3.8) is 0 Å². The third-order valence-corrected chi connectivity index (χ3v) is 15.0. The van der Waals surface area contributed by atoms with E-state index in [0.29, 0.717) is 0 Å². The van der Waals surface area contributed by atoms with Crippen LogP contribution in [0.25, 0.3) is 117 Å². The van der Waals surface area contributed by atoms with Gasteiger partial charge in [-0.3, -0.25) is 0 Å². The van der Waals surface area contributed by atoms with Crippen LogP contribution in [-0.2, 0) is 10.8 Å². The number of phenolic OH excluding ortho intramolecular Hbond substituents is 1. The maximum absolute atomic E-state index is 12.7. The highest BCUT2D eigenvalue weighted by molar-refractivity contribution is 6.04. The number of H-pyrrole nitrogens is 1. The molecule has 12 rings (SSSR count). The van der Waals surface area contributed by atoms with E-state index in [1.807, 2.05) is 0 Å². The van der Waals surface area contributed by atoms with Gasteiger partial charge >= 0.3 is 0 Å². The third-order valence-electron chi connectivity index (χ3n) is 15.0. The highest BCUT2D eigenvalue weighted by atomic mass is 16.3. The highest BCUT2D eigenvalue weighted by Gasteiger charge is 2.34. The summed E-state index contributed by atoms with van der Waals surface area (Å²) in [6, 6.07) is 74.6. The van der Waals surface area contributed by atoms with Crippen molar-refractivity contribution >= 4 is 11.0 Å². The van der Waals surface area contributed by atoms with Crippen molar-refractivity contribution in [1.82, 2.24) is 9.97 Å². The Hall–Kier alpha value is -8.60. The summed E-state index contributed by atoms with van der Waals surface area (Å²) in [5.74, 6) is 1.07. The predicted octanol–water partition coefficient (Wildman–Crippen LogP) is 18.1. The van der Waals surface area contributed by atoms with Crippen LogP contribution >= 0.6 is 0 Å². The average Bonchev–Trinajstić information content (AvgIpc) is 3.79. The van der Waals surface area contributed by atoms with Gasteiger partial charge in [0.25, 0.3) is 5.82 Å². The van der Waals surface area contributed by atoms with E-state index in [9.17, 15) is 5.11 Å². The quantitative estimate of drug-likeness (QED) is 0.163. The lowest BCUT2D eigenvalue weighted by molar-refractivity contribution is -0.554. The van der Waals surface area contributed by atoms with Crippen molar-refractivity contribution in [2.45, 2.75) is 66.2 Å². The number of hydrogen-bond donors (Lipinski definition) is 2. The summed E-state index contributed by atoms with van der Waals surface area (Å²) < 4.78 is 2.36. The van der Waals surface area contributed by atoms with Crippen molar-refractivity contribution < 1.29 is 9.67 Å². The van der Waals surface area contributed by atoms with Gasteiger partial charge in [0.2, 0.25) is 0 Å². The molecule has 0 fully saturated rings. The minimum absolute atomic E-state index is 0.192. The molecule has 2 aromatic heterocycles. The van der Waals surface area contributed by atoms with E-state index in [0.717, 1.165) is 89.6 Å². The molecule has 0 unspecified atom stereocenters. The van der Waals surface area contributed by atoms with Crippen LogP contribution in [0.15, 0.2) is 206 Å². The van der Waals surface area contributed by atoms with Gasteiger partial charge in [0.05, 0.1) is 17.0 Å². The molecule has 0 saturated carbocycles. The summed E-state index contributed by atoms with van der Waals surface area (Å²) in [6.45, 7) is 17.6. The summed E-state index contributed by atoms with van der Waals surface area (Å²) in [6.07, 6.45) is 0. The van der Waals surface area contributed by atoms with E-state index in [-0.39, 0.29) is 16.6 Å². The van der Waals surface area contributed by atoms with Gasteiger partial charge in [-0.15, -0.1) is 0 Å². The van der Waals surface area contributed by atoms with Gasteiger partial charge in [0.15, 0.2) is 11.0 Å². The Kier molecular flexibility index (Phi) is 11.2. The molecule has 360 valence electrons. The number of phenols is 1. The van der Waals surface area contributed by atoms with Crippen molar-refractivity contribution in [3.05, 3.63) is 229 Å². The normalized spacial score (nSPS) is 12.1. The number of aryl methyl sites for hydroxylation is 2. The molecule has 1 aliphatic rings. The van der Waals surface area contributed by atoms with Gasteiger partial charge in [-0.25, -0.2) is 9.97 Å². The van der Waals surface area contributed by atoms with Gasteiger partial charge in [0, 0.05) is 16.7 Å². The Morgan fingerprint density at radius 3 is 1.51 bits per heavy atom. The summed E-state index contributed by atoms with van der Waals surface area (Å²) >= 11 is 0.